The molecule has 0 aliphatic carbocycles. The van der Waals surface area contributed by atoms with Crippen molar-refractivity contribution in [1.82, 2.24) is 14.7 Å². The Kier molecular flexibility index (Phi) is 5.47. The topological polar surface area (TPSA) is 58.4 Å². The summed E-state index contributed by atoms with van der Waals surface area (Å²) in [4.78, 5) is 15.0. The molecule has 5 heteroatoms. The van der Waals surface area contributed by atoms with Crippen LogP contribution in [0.3, 0.4) is 0 Å². The summed E-state index contributed by atoms with van der Waals surface area (Å²) < 4.78 is 1.89. The molecule has 2 aromatic rings. The molecular formula is C21H29N3O2. The van der Waals surface area contributed by atoms with Crippen molar-refractivity contribution in [3.63, 3.8) is 0 Å². The van der Waals surface area contributed by atoms with Crippen molar-refractivity contribution in [3.05, 3.63) is 52.8 Å². The SMILES string of the molecule is CCn1nc(C)c(C(=O)N2CCC(CO)(Cc3ccccc3)CC2)c1C. The number of aromatic nitrogens is 2. The van der Waals surface area contributed by atoms with Crippen LogP contribution in [0.4, 0.5) is 0 Å². The maximum atomic E-state index is 13.0. The van der Waals surface area contributed by atoms with E-state index < -0.39 is 0 Å². The summed E-state index contributed by atoms with van der Waals surface area (Å²) in [5.41, 5.74) is 3.61. The Bertz CT molecular complexity index is 759. The third-order valence-corrected chi connectivity index (χ3v) is 5.76. The van der Waals surface area contributed by atoms with Crippen LogP contribution < -0.4 is 0 Å². The van der Waals surface area contributed by atoms with Crippen molar-refractivity contribution in [2.45, 2.75) is 46.6 Å². The smallest absolute Gasteiger partial charge is 0.257 e. The van der Waals surface area contributed by atoms with E-state index in [0.29, 0.717) is 13.1 Å². The second kappa shape index (κ2) is 7.62. The molecule has 140 valence electrons. The van der Waals surface area contributed by atoms with Gasteiger partial charge in [0.1, 0.15) is 0 Å². The average Bonchev–Trinajstić information content (AvgIpc) is 2.96. The van der Waals surface area contributed by atoms with Gasteiger partial charge in [-0.25, -0.2) is 0 Å². The Morgan fingerprint density at radius 3 is 2.38 bits per heavy atom. The van der Waals surface area contributed by atoms with E-state index in [4.69, 9.17) is 0 Å². The van der Waals surface area contributed by atoms with Crippen LogP contribution in [0.5, 0.6) is 0 Å². The number of benzene rings is 1. The third kappa shape index (κ3) is 3.54. The molecule has 0 bridgehead atoms. The van der Waals surface area contributed by atoms with E-state index in [1.54, 1.807) is 0 Å². The minimum atomic E-state index is -0.129. The number of rotatable bonds is 5. The number of amides is 1. The fraction of sp³-hybridized carbons (Fsp3) is 0.524. The molecule has 0 spiro atoms. The molecule has 0 radical (unpaired) electrons. The predicted molar refractivity (Wildman–Crippen MR) is 102 cm³/mol. The third-order valence-electron chi connectivity index (χ3n) is 5.76. The second-order valence-electron chi connectivity index (χ2n) is 7.47. The van der Waals surface area contributed by atoms with Gasteiger partial charge >= 0.3 is 0 Å². The van der Waals surface area contributed by atoms with E-state index in [2.05, 4.69) is 17.2 Å². The summed E-state index contributed by atoms with van der Waals surface area (Å²) in [7, 11) is 0. The molecule has 1 N–H and O–H groups in total. The van der Waals surface area contributed by atoms with Gasteiger partial charge in [-0.3, -0.25) is 9.48 Å². The highest BCUT2D eigenvalue weighted by atomic mass is 16.3. The number of carbonyl (C=O) groups excluding carboxylic acids is 1. The van der Waals surface area contributed by atoms with Crippen molar-refractivity contribution in [2.24, 2.45) is 5.41 Å². The Balaban J connectivity index is 1.71. The number of aryl methyl sites for hydroxylation is 2. The van der Waals surface area contributed by atoms with E-state index in [1.807, 2.05) is 48.6 Å². The van der Waals surface area contributed by atoms with Gasteiger partial charge in [-0.1, -0.05) is 30.3 Å². The van der Waals surface area contributed by atoms with Gasteiger partial charge in [-0.15, -0.1) is 0 Å². The lowest BCUT2D eigenvalue weighted by molar-refractivity contribution is 0.0357. The monoisotopic (exact) mass is 355 g/mol. The molecule has 3 rings (SSSR count). The normalized spacial score (nSPS) is 16.7. The molecule has 1 amide bonds. The molecule has 0 unspecified atom stereocenters. The lowest BCUT2D eigenvalue weighted by Gasteiger charge is -2.41. The van der Waals surface area contributed by atoms with Gasteiger partial charge in [-0.2, -0.15) is 5.10 Å². The average molecular weight is 355 g/mol. The molecule has 0 atom stereocenters. The highest BCUT2D eigenvalue weighted by Gasteiger charge is 2.36. The molecule has 1 saturated heterocycles. The summed E-state index contributed by atoms with van der Waals surface area (Å²) in [6, 6.07) is 10.3. The van der Waals surface area contributed by atoms with E-state index in [1.165, 1.54) is 5.56 Å². The Morgan fingerprint density at radius 2 is 1.85 bits per heavy atom. The summed E-state index contributed by atoms with van der Waals surface area (Å²) in [5, 5.41) is 14.5. The van der Waals surface area contributed by atoms with Gasteiger partial charge in [0, 0.05) is 37.4 Å². The van der Waals surface area contributed by atoms with E-state index >= 15 is 0 Å². The fourth-order valence-electron chi connectivity index (χ4n) is 4.08. The second-order valence-corrected chi connectivity index (χ2v) is 7.47. The van der Waals surface area contributed by atoms with Crippen LogP contribution in [0, 0.1) is 19.3 Å². The zero-order chi connectivity index (χ0) is 18.7. The molecule has 1 aromatic carbocycles. The summed E-state index contributed by atoms with van der Waals surface area (Å²) in [6.07, 6.45) is 2.51. The molecule has 26 heavy (non-hydrogen) atoms. The Hall–Kier alpha value is -2.14. The number of piperidine rings is 1. The first-order valence-electron chi connectivity index (χ1n) is 9.48. The number of carbonyl (C=O) groups is 1. The first-order valence-corrected chi connectivity index (χ1v) is 9.48. The highest BCUT2D eigenvalue weighted by molar-refractivity contribution is 5.96. The first-order chi connectivity index (χ1) is 12.5. The van der Waals surface area contributed by atoms with Crippen LogP contribution in [0.1, 0.15) is 47.1 Å². The number of hydrogen-bond acceptors (Lipinski definition) is 3. The number of aliphatic hydroxyl groups is 1. The molecule has 1 aliphatic heterocycles. The minimum absolute atomic E-state index is 0.0750. The summed E-state index contributed by atoms with van der Waals surface area (Å²) >= 11 is 0. The lowest BCUT2D eigenvalue weighted by Crippen LogP contribution is -2.45. The van der Waals surface area contributed by atoms with Gasteiger partial charge in [-0.05, 0) is 45.6 Å². The van der Waals surface area contributed by atoms with E-state index in [9.17, 15) is 9.90 Å². The van der Waals surface area contributed by atoms with Crippen LogP contribution in [-0.4, -0.2) is 45.4 Å². The van der Waals surface area contributed by atoms with Gasteiger partial charge in [0.2, 0.25) is 0 Å². The maximum Gasteiger partial charge on any atom is 0.257 e. The van der Waals surface area contributed by atoms with Crippen LogP contribution >= 0.6 is 0 Å². The minimum Gasteiger partial charge on any atom is -0.396 e. The number of hydrogen-bond donors (Lipinski definition) is 1. The molecule has 1 fully saturated rings. The first kappa shape index (κ1) is 18.6. The quantitative estimate of drug-likeness (QED) is 0.897. The lowest BCUT2D eigenvalue weighted by atomic mass is 9.74. The maximum absolute atomic E-state index is 13.0. The molecule has 5 nitrogen and oxygen atoms in total. The van der Waals surface area contributed by atoms with Gasteiger partial charge in [0.15, 0.2) is 0 Å². The van der Waals surface area contributed by atoms with Gasteiger partial charge in [0.25, 0.3) is 5.91 Å². The number of nitrogens with zero attached hydrogens (tertiary/aromatic N) is 3. The molecule has 2 heterocycles. The molecule has 1 aromatic heterocycles. The highest BCUT2D eigenvalue weighted by Crippen LogP contribution is 2.35. The summed E-state index contributed by atoms with van der Waals surface area (Å²) in [6.45, 7) is 8.21. The molecule has 0 saturated carbocycles. The van der Waals surface area contributed by atoms with Crippen molar-refractivity contribution < 1.29 is 9.90 Å². The van der Waals surface area contributed by atoms with Crippen molar-refractivity contribution in [3.8, 4) is 0 Å². The van der Waals surface area contributed by atoms with E-state index in [-0.39, 0.29) is 17.9 Å². The van der Waals surface area contributed by atoms with Crippen LogP contribution in [0.15, 0.2) is 30.3 Å². The standard InChI is InChI=1S/C21H29N3O2/c1-4-24-17(3)19(16(2)22-24)20(26)23-12-10-21(15-25,11-13-23)14-18-8-6-5-7-9-18/h5-9,25H,4,10-15H2,1-3H3. The van der Waals surface area contributed by atoms with Crippen LogP contribution in [0.2, 0.25) is 0 Å². The number of aliphatic hydroxyl groups excluding tert-OH is 1. The van der Waals surface area contributed by atoms with Crippen molar-refractivity contribution in [1.29, 1.82) is 0 Å². The van der Waals surface area contributed by atoms with Crippen molar-refractivity contribution >= 4 is 5.91 Å². The molecular weight excluding hydrogens is 326 g/mol. The fourth-order valence-corrected chi connectivity index (χ4v) is 4.08. The van der Waals surface area contributed by atoms with Gasteiger partial charge < -0.3 is 10.0 Å². The van der Waals surface area contributed by atoms with Crippen molar-refractivity contribution in [2.75, 3.05) is 19.7 Å². The number of likely N-dealkylation sites (tertiary alicyclic amines) is 1. The Morgan fingerprint density at radius 1 is 1.19 bits per heavy atom. The summed E-state index contributed by atoms with van der Waals surface area (Å²) in [5.74, 6) is 0.0750. The van der Waals surface area contributed by atoms with Crippen LogP contribution in [-0.2, 0) is 13.0 Å². The van der Waals surface area contributed by atoms with Gasteiger partial charge in [0.05, 0.1) is 11.3 Å². The Labute approximate surface area is 155 Å². The largest absolute Gasteiger partial charge is 0.396 e. The molecule has 1 aliphatic rings. The van der Waals surface area contributed by atoms with E-state index in [0.717, 1.165) is 42.8 Å². The van der Waals surface area contributed by atoms with Crippen LogP contribution in [0.25, 0.3) is 0 Å². The zero-order valence-electron chi connectivity index (χ0n) is 16.0. The zero-order valence-corrected chi connectivity index (χ0v) is 16.0. The predicted octanol–water partition coefficient (Wildman–Crippen LogP) is 2.98.